The van der Waals surface area contributed by atoms with Gasteiger partial charge in [-0.1, -0.05) is 137 Å². The van der Waals surface area contributed by atoms with Crippen LogP contribution in [0.5, 0.6) is 0 Å². The van der Waals surface area contributed by atoms with Gasteiger partial charge in [0, 0.05) is 11.8 Å². The Morgan fingerprint density at radius 3 is 1.06 bits per heavy atom. The molecule has 0 heterocycles. The van der Waals surface area contributed by atoms with E-state index in [1.54, 1.807) is 12.2 Å². The number of allylic oxidation sites excluding steroid dienone is 16. The molecule has 0 rings (SSSR count). The minimum Gasteiger partial charge on any atom is -0.360 e. The topological polar surface area (TPSA) is 69.7 Å². The van der Waals surface area contributed by atoms with Gasteiger partial charge in [-0.2, -0.15) is 0 Å². The summed E-state index contributed by atoms with van der Waals surface area (Å²) in [7, 11) is 0. The normalized spacial score (nSPS) is 13.8. The van der Waals surface area contributed by atoms with Crippen LogP contribution in [0, 0.1) is 11.8 Å². The van der Waals surface area contributed by atoms with Gasteiger partial charge in [-0.05, 0) is 77.0 Å². The van der Waals surface area contributed by atoms with E-state index in [2.05, 4.69) is 84.1 Å². The summed E-state index contributed by atoms with van der Waals surface area (Å²) < 4.78 is 35.9. The lowest BCUT2D eigenvalue weighted by molar-refractivity contribution is -0.147. The fraction of sp³-hybridized carbons (Fsp3) is 0.558. The van der Waals surface area contributed by atoms with Crippen molar-refractivity contribution in [2.45, 2.75) is 129 Å². The molecule has 50 heavy (non-hydrogen) atoms. The van der Waals surface area contributed by atoms with Crippen LogP contribution in [0.25, 0.3) is 0 Å². The molecule has 0 radical (unpaired) electrons. The van der Waals surface area contributed by atoms with Crippen LogP contribution in [-0.2, 0) is 19.1 Å². The van der Waals surface area contributed by atoms with Crippen molar-refractivity contribution in [3.8, 4) is 0 Å². The number of carbonyl (C=O) groups excluding carboxylic acids is 3. The molecule has 5 nitrogen and oxygen atoms in total. The number of rotatable bonds is 30. The van der Waals surface area contributed by atoms with E-state index in [0.29, 0.717) is 25.7 Å². The molecule has 2 atom stereocenters. The van der Waals surface area contributed by atoms with Crippen molar-refractivity contribution in [2.75, 3.05) is 13.3 Å². The van der Waals surface area contributed by atoms with Crippen LogP contribution in [-0.4, -0.2) is 31.4 Å². The number of unbranched alkanes of at least 4 members (excludes halogenated alkanes) is 6. The Hall–Kier alpha value is -3.61. The van der Waals surface area contributed by atoms with Gasteiger partial charge in [0.1, 0.15) is 0 Å². The van der Waals surface area contributed by atoms with Crippen molar-refractivity contribution in [3.63, 3.8) is 0 Å². The molecular formula is C43H64F2O5. The number of carbonyl (C=O) groups is 3. The fourth-order valence-corrected chi connectivity index (χ4v) is 4.63. The zero-order chi connectivity index (χ0) is 36.8. The highest BCUT2D eigenvalue weighted by atomic mass is 19.1. The second-order valence-electron chi connectivity index (χ2n) is 12.3. The quantitative estimate of drug-likeness (QED) is 0.0323. The van der Waals surface area contributed by atoms with Crippen LogP contribution >= 0.6 is 0 Å². The van der Waals surface area contributed by atoms with Crippen molar-refractivity contribution in [3.05, 3.63) is 97.2 Å². The van der Waals surface area contributed by atoms with Crippen LogP contribution in [0.2, 0.25) is 0 Å². The van der Waals surface area contributed by atoms with E-state index in [1.165, 1.54) is 38.5 Å². The van der Waals surface area contributed by atoms with Gasteiger partial charge in [0.2, 0.25) is 0 Å². The molecule has 7 heteroatoms. The van der Waals surface area contributed by atoms with Crippen LogP contribution in [0.4, 0.5) is 13.6 Å². The fourth-order valence-electron chi connectivity index (χ4n) is 4.63. The third-order valence-electron chi connectivity index (χ3n) is 7.60. The maximum absolute atomic E-state index is 13.4. The second kappa shape index (κ2) is 36.7. The zero-order valence-electron chi connectivity index (χ0n) is 30.8. The maximum Gasteiger partial charge on any atom is 0.524 e. The summed E-state index contributed by atoms with van der Waals surface area (Å²) in [5, 5.41) is 0. The first-order valence-electron chi connectivity index (χ1n) is 18.7. The molecular weight excluding hydrogens is 634 g/mol. The summed E-state index contributed by atoms with van der Waals surface area (Å²) in [4.78, 5) is 36.1. The van der Waals surface area contributed by atoms with Crippen LogP contribution in [0.1, 0.15) is 129 Å². The largest absolute Gasteiger partial charge is 0.524 e. The van der Waals surface area contributed by atoms with Crippen molar-refractivity contribution in [2.24, 2.45) is 11.8 Å². The molecule has 0 saturated carbocycles. The van der Waals surface area contributed by atoms with E-state index in [1.807, 2.05) is 24.3 Å². The van der Waals surface area contributed by atoms with E-state index in [0.717, 1.165) is 38.5 Å². The van der Waals surface area contributed by atoms with Crippen LogP contribution < -0.4 is 0 Å². The highest BCUT2D eigenvalue weighted by molar-refractivity contribution is 5.88. The van der Waals surface area contributed by atoms with E-state index in [-0.39, 0.29) is 12.8 Å². The Labute approximate surface area is 302 Å². The zero-order valence-corrected chi connectivity index (χ0v) is 30.8. The van der Waals surface area contributed by atoms with E-state index >= 15 is 0 Å². The number of ether oxygens (including phenoxy) is 2. The molecule has 0 amide bonds. The lowest BCUT2D eigenvalue weighted by Crippen LogP contribution is -2.21. The maximum atomic E-state index is 13.4. The smallest absolute Gasteiger partial charge is 0.360 e. The Kier molecular flexibility index (Phi) is 34.0. The summed E-state index contributed by atoms with van der Waals surface area (Å²) in [6.07, 6.45) is 46.1. The summed E-state index contributed by atoms with van der Waals surface area (Å²) >= 11 is 0. The molecule has 0 bridgehead atoms. The SMILES string of the molecule is CCCCCC=CCC=CCC=CCC=CCC(CF)CC(=O)OC(=O)OC(=O)CC(CF)CC=CCC=CCC=CCC=CCCCCC. The first-order valence-corrected chi connectivity index (χ1v) is 18.7. The van der Waals surface area contributed by atoms with Gasteiger partial charge in [-0.3, -0.25) is 18.4 Å². The Morgan fingerprint density at radius 2 is 0.760 bits per heavy atom. The van der Waals surface area contributed by atoms with Crippen molar-refractivity contribution >= 4 is 18.1 Å². The molecule has 0 fully saturated rings. The van der Waals surface area contributed by atoms with Gasteiger partial charge >= 0.3 is 18.1 Å². The van der Waals surface area contributed by atoms with Gasteiger partial charge in [0.25, 0.3) is 0 Å². The van der Waals surface area contributed by atoms with E-state index < -0.39 is 43.3 Å². The van der Waals surface area contributed by atoms with Crippen LogP contribution in [0.3, 0.4) is 0 Å². The number of alkyl halides is 2. The third-order valence-corrected chi connectivity index (χ3v) is 7.60. The van der Waals surface area contributed by atoms with Gasteiger partial charge in [-0.15, -0.1) is 0 Å². The molecule has 2 unspecified atom stereocenters. The predicted octanol–water partition coefficient (Wildman–Crippen LogP) is 12.9. The van der Waals surface area contributed by atoms with Gasteiger partial charge < -0.3 is 9.47 Å². The highest BCUT2D eigenvalue weighted by Crippen LogP contribution is 2.15. The number of halogens is 2. The molecule has 280 valence electrons. The molecule has 0 aliphatic heterocycles. The molecule has 0 saturated heterocycles. The lowest BCUT2D eigenvalue weighted by atomic mass is 10.0. The van der Waals surface area contributed by atoms with Crippen molar-refractivity contribution < 1.29 is 32.6 Å². The summed E-state index contributed by atoms with van der Waals surface area (Å²) in [6.45, 7) is 2.87. The Morgan fingerprint density at radius 1 is 0.460 bits per heavy atom. The van der Waals surface area contributed by atoms with Crippen LogP contribution in [0.15, 0.2) is 97.2 Å². The number of esters is 2. The monoisotopic (exact) mass is 698 g/mol. The summed E-state index contributed by atoms with van der Waals surface area (Å²) in [5.41, 5.74) is 0. The standard InChI is InChI=1S/C43H64F2O5/c1-3-5-7-9-11-13-15-17-19-21-23-25-27-29-31-33-39(37-44)35-41(46)49-43(48)50-42(47)36-40(38-45)34-32-30-28-26-24-22-20-18-16-14-12-10-8-6-4-2/h11-14,17-20,23-26,29-32,39-40H,3-10,15-16,21-22,27-28,33-38H2,1-2H3. The Balaban J connectivity index is 4.17. The second-order valence-corrected chi connectivity index (χ2v) is 12.3. The van der Waals surface area contributed by atoms with Crippen molar-refractivity contribution in [1.29, 1.82) is 0 Å². The molecule has 0 aromatic rings. The molecule has 0 aliphatic carbocycles. The minimum atomic E-state index is -1.48. The lowest BCUT2D eigenvalue weighted by Gasteiger charge is -2.11. The Bertz CT molecular complexity index is 1010. The van der Waals surface area contributed by atoms with Crippen molar-refractivity contribution in [1.82, 2.24) is 0 Å². The van der Waals surface area contributed by atoms with E-state index in [4.69, 9.17) is 0 Å². The molecule has 0 spiro atoms. The van der Waals surface area contributed by atoms with Gasteiger partial charge in [0.15, 0.2) is 0 Å². The summed E-state index contributed by atoms with van der Waals surface area (Å²) in [5.74, 6) is -3.29. The molecule has 0 aromatic heterocycles. The molecule has 0 N–H and O–H groups in total. The molecule has 0 aliphatic rings. The summed E-state index contributed by atoms with van der Waals surface area (Å²) in [6, 6.07) is 0. The predicted molar refractivity (Wildman–Crippen MR) is 204 cm³/mol. The average molecular weight is 699 g/mol. The number of hydrogen-bond acceptors (Lipinski definition) is 5. The van der Waals surface area contributed by atoms with E-state index in [9.17, 15) is 23.2 Å². The first kappa shape index (κ1) is 46.4. The molecule has 0 aromatic carbocycles. The average Bonchev–Trinajstić information content (AvgIpc) is 3.10. The number of hydrogen-bond donors (Lipinski definition) is 0. The van der Waals surface area contributed by atoms with Gasteiger partial charge in [-0.25, -0.2) is 4.79 Å². The third kappa shape index (κ3) is 32.9. The highest BCUT2D eigenvalue weighted by Gasteiger charge is 2.22. The first-order chi connectivity index (χ1) is 24.5. The van der Waals surface area contributed by atoms with Gasteiger partial charge in [0.05, 0.1) is 26.2 Å². The minimum absolute atomic E-state index is 0.299.